The van der Waals surface area contributed by atoms with E-state index < -0.39 is 0 Å². The smallest absolute Gasteiger partial charge is 0.225 e. The van der Waals surface area contributed by atoms with Crippen LogP contribution in [0.3, 0.4) is 0 Å². The zero-order valence-corrected chi connectivity index (χ0v) is 12.3. The van der Waals surface area contributed by atoms with E-state index in [1.807, 2.05) is 13.0 Å². The zero-order valence-electron chi connectivity index (χ0n) is 12.3. The van der Waals surface area contributed by atoms with E-state index in [4.69, 9.17) is 0 Å². The minimum absolute atomic E-state index is 0.594. The first-order valence-corrected chi connectivity index (χ1v) is 7.83. The fourth-order valence-corrected chi connectivity index (χ4v) is 2.62. The van der Waals surface area contributed by atoms with Crippen molar-refractivity contribution < 1.29 is 0 Å². The predicted molar refractivity (Wildman–Crippen MR) is 83.1 cm³/mol. The van der Waals surface area contributed by atoms with Crippen LogP contribution >= 0.6 is 0 Å². The van der Waals surface area contributed by atoms with E-state index in [9.17, 15) is 0 Å². The third-order valence-electron chi connectivity index (χ3n) is 3.90. The molecule has 0 radical (unpaired) electrons. The molecule has 20 heavy (non-hydrogen) atoms. The first-order chi connectivity index (χ1) is 9.79. The van der Waals surface area contributed by atoms with E-state index in [1.165, 1.54) is 38.5 Å². The molecule has 1 heterocycles. The van der Waals surface area contributed by atoms with Gasteiger partial charge in [-0.15, -0.1) is 0 Å². The largest absolute Gasteiger partial charge is 0.370 e. The maximum Gasteiger partial charge on any atom is 0.225 e. The molecule has 0 unspecified atom stereocenters. The minimum Gasteiger partial charge on any atom is -0.370 e. The average molecular weight is 272 g/mol. The van der Waals surface area contributed by atoms with E-state index in [2.05, 4.69) is 26.7 Å². The number of aryl methyl sites for hydroxylation is 1. The molecule has 108 valence electrons. The van der Waals surface area contributed by atoms with Crippen LogP contribution in [-0.4, -0.2) is 22.6 Å². The summed E-state index contributed by atoms with van der Waals surface area (Å²) in [5.41, 5.74) is 2.62. The maximum absolute atomic E-state index is 4.54. The van der Waals surface area contributed by atoms with Gasteiger partial charge in [0.05, 0.1) is 0 Å². The van der Waals surface area contributed by atoms with Crippen LogP contribution in [-0.2, 0) is 0 Å². The quantitative estimate of drug-likeness (QED) is 0.776. The molecule has 1 fully saturated rings. The Hall–Kier alpha value is -1.58. The van der Waals surface area contributed by atoms with Crippen molar-refractivity contribution in [1.29, 1.82) is 0 Å². The molecule has 0 bridgehead atoms. The minimum atomic E-state index is 0.594. The van der Waals surface area contributed by atoms with Crippen LogP contribution in [0.1, 0.15) is 50.6 Å². The molecule has 2 aliphatic carbocycles. The molecular weight excluding hydrogens is 248 g/mol. The van der Waals surface area contributed by atoms with E-state index >= 15 is 0 Å². The summed E-state index contributed by atoms with van der Waals surface area (Å²) in [4.78, 5) is 8.98. The van der Waals surface area contributed by atoms with Crippen molar-refractivity contribution in [3.8, 4) is 0 Å². The third-order valence-corrected chi connectivity index (χ3v) is 3.90. The molecule has 0 amide bonds. The lowest BCUT2D eigenvalue weighted by molar-refractivity contribution is 0.679. The van der Waals surface area contributed by atoms with Crippen LogP contribution in [0.5, 0.6) is 0 Å². The van der Waals surface area contributed by atoms with Crippen molar-refractivity contribution in [2.75, 3.05) is 17.2 Å². The molecule has 0 spiro atoms. The number of hydrogen-bond donors (Lipinski definition) is 2. The molecule has 4 nitrogen and oxygen atoms in total. The van der Waals surface area contributed by atoms with Gasteiger partial charge in [-0.3, -0.25) is 0 Å². The van der Waals surface area contributed by atoms with E-state index in [-0.39, 0.29) is 0 Å². The normalized spacial score (nSPS) is 18.6. The van der Waals surface area contributed by atoms with E-state index in [1.54, 1.807) is 5.57 Å². The van der Waals surface area contributed by atoms with E-state index in [0.717, 1.165) is 30.4 Å². The molecule has 0 atom stereocenters. The van der Waals surface area contributed by atoms with Crippen molar-refractivity contribution in [3.05, 3.63) is 23.4 Å². The second kappa shape index (κ2) is 6.25. The number of anilines is 2. The van der Waals surface area contributed by atoms with Gasteiger partial charge in [-0.1, -0.05) is 11.6 Å². The summed E-state index contributed by atoms with van der Waals surface area (Å²) in [5.74, 6) is 1.71. The van der Waals surface area contributed by atoms with Gasteiger partial charge in [0.15, 0.2) is 0 Å². The van der Waals surface area contributed by atoms with Crippen LogP contribution in [0.4, 0.5) is 11.8 Å². The first-order valence-electron chi connectivity index (χ1n) is 7.83. The highest BCUT2D eigenvalue weighted by molar-refractivity contribution is 5.43. The first kappa shape index (κ1) is 13.4. The zero-order chi connectivity index (χ0) is 13.8. The standard InChI is InChI=1S/C16H24N4/c1-12-11-15(20-16(18-12)19-14-7-8-14)17-10-9-13-5-3-2-4-6-13/h5,11,14H,2-4,6-10H2,1H3,(H2,17,18,19,20). The summed E-state index contributed by atoms with van der Waals surface area (Å²) in [6, 6.07) is 2.62. The van der Waals surface area contributed by atoms with Gasteiger partial charge in [0, 0.05) is 24.3 Å². The predicted octanol–water partition coefficient (Wildman–Crippen LogP) is 3.66. The van der Waals surface area contributed by atoms with Gasteiger partial charge in [0.25, 0.3) is 0 Å². The number of nitrogens with one attached hydrogen (secondary N) is 2. The van der Waals surface area contributed by atoms with Gasteiger partial charge < -0.3 is 10.6 Å². The number of aromatic nitrogens is 2. The van der Waals surface area contributed by atoms with Gasteiger partial charge in [0.1, 0.15) is 5.82 Å². The summed E-state index contributed by atoms with van der Waals surface area (Å²) < 4.78 is 0. The fraction of sp³-hybridized carbons (Fsp3) is 0.625. The fourth-order valence-electron chi connectivity index (χ4n) is 2.62. The topological polar surface area (TPSA) is 49.8 Å². The number of hydrogen-bond acceptors (Lipinski definition) is 4. The molecule has 2 N–H and O–H groups in total. The SMILES string of the molecule is Cc1cc(NCCC2=CCCCC2)nc(NC2CC2)n1. The highest BCUT2D eigenvalue weighted by atomic mass is 15.2. The van der Waals surface area contributed by atoms with Gasteiger partial charge in [-0.2, -0.15) is 4.98 Å². The molecule has 3 rings (SSSR count). The van der Waals surface area contributed by atoms with Gasteiger partial charge in [-0.05, 0) is 51.9 Å². The molecule has 1 saturated carbocycles. The van der Waals surface area contributed by atoms with Crippen molar-refractivity contribution in [2.24, 2.45) is 0 Å². The Morgan fingerprint density at radius 3 is 2.90 bits per heavy atom. The maximum atomic E-state index is 4.54. The van der Waals surface area contributed by atoms with Crippen LogP contribution in [0.25, 0.3) is 0 Å². The molecule has 1 aromatic heterocycles. The number of rotatable bonds is 6. The Bertz CT molecular complexity index is 491. The van der Waals surface area contributed by atoms with Crippen molar-refractivity contribution >= 4 is 11.8 Å². The number of nitrogens with zero attached hydrogens (tertiary/aromatic N) is 2. The van der Waals surface area contributed by atoms with Gasteiger partial charge >= 0.3 is 0 Å². The monoisotopic (exact) mass is 272 g/mol. The lowest BCUT2D eigenvalue weighted by atomic mass is 9.97. The molecule has 0 saturated heterocycles. The van der Waals surface area contributed by atoms with Gasteiger partial charge in [0.2, 0.25) is 5.95 Å². The summed E-state index contributed by atoms with van der Waals surface area (Å²) in [6.07, 6.45) is 11.3. The highest BCUT2D eigenvalue weighted by Gasteiger charge is 2.22. The second-order valence-electron chi connectivity index (χ2n) is 5.92. The highest BCUT2D eigenvalue weighted by Crippen LogP contribution is 2.24. The Morgan fingerprint density at radius 2 is 2.15 bits per heavy atom. The summed E-state index contributed by atoms with van der Waals surface area (Å²) in [7, 11) is 0. The summed E-state index contributed by atoms with van der Waals surface area (Å²) in [6.45, 7) is 2.99. The van der Waals surface area contributed by atoms with Crippen molar-refractivity contribution in [1.82, 2.24) is 9.97 Å². The van der Waals surface area contributed by atoms with E-state index in [0.29, 0.717) is 6.04 Å². The molecule has 0 aliphatic heterocycles. The van der Waals surface area contributed by atoms with Crippen molar-refractivity contribution in [2.45, 2.75) is 57.9 Å². The van der Waals surface area contributed by atoms with Crippen LogP contribution in [0.2, 0.25) is 0 Å². The summed E-state index contributed by atoms with van der Waals surface area (Å²) in [5, 5.41) is 6.80. The molecule has 1 aromatic rings. The number of allylic oxidation sites excluding steroid dienone is 1. The molecule has 0 aromatic carbocycles. The Labute approximate surface area is 121 Å². The Balaban J connectivity index is 1.53. The molecule has 2 aliphatic rings. The van der Waals surface area contributed by atoms with Crippen molar-refractivity contribution in [3.63, 3.8) is 0 Å². The average Bonchev–Trinajstić information content (AvgIpc) is 3.23. The second-order valence-corrected chi connectivity index (χ2v) is 5.92. The van der Waals surface area contributed by atoms with Gasteiger partial charge in [-0.25, -0.2) is 4.98 Å². The van der Waals surface area contributed by atoms with Crippen LogP contribution in [0, 0.1) is 6.92 Å². The lowest BCUT2D eigenvalue weighted by Gasteiger charge is -2.13. The Morgan fingerprint density at radius 1 is 1.25 bits per heavy atom. The molecular formula is C16H24N4. The summed E-state index contributed by atoms with van der Waals surface area (Å²) >= 11 is 0. The van der Waals surface area contributed by atoms with Crippen LogP contribution < -0.4 is 10.6 Å². The Kier molecular flexibility index (Phi) is 4.19. The molecule has 4 heteroatoms. The van der Waals surface area contributed by atoms with Crippen LogP contribution in [0.15, 0.2) is 17.7 Å². The lowest BCUT2D eigenvalue weighted by Crippen LogP contribution is -2.10. The third kappa shape index (κ3) is 3.95.